The Hall–Kier alpha value is -1.93. The zero-order valence-corrected chi connectivity index (χ0v) is 17.0. The third-order valence-corrected chi connectivity index (χ3v) is 4.99. The van der Waals surface area contributed by atoms with E-state index in [9.17, 15) is 4.79 Å². The van der Waals surface area contributed by atoms with Crippen LogP contribution in [0.15, 0.2) is 29.5 Å². The largest absolute Gasteiger partial charge is 0.497 e. The van der Waals surface area contributed by atoms with Crippen molar-refractivity contribution < 1.29 is 19.0 Å². The molecule has 1 atom stereocenters. The van der Waals surface area contributed by atoms with Crippen molar-refractivity contribution in [2.75, 3.05) is 32.3 Å². The maximum atomic E-state index is 12.7. The minimum absolute atomic E-state index is 0.362. The Morgan fingerprint density at radius 3 is 2.73 bits per heavy atom. The molecule has 6 nitrogen and oxygen atoms in total. The van der Waals surface area contributed by atoms with Crippen molar-refractivity contribution in [2.45, 2.75) is 19.9 Å². The Morgan fingerprint density at radius 1 is 1.31 bits per heavy atom. The maximum Gasteiger partial charge on any atom is 0.338 e. The van der Waals surface area contributed by atoms with Crippen LogP contribution >= 0.6 is 24.0 Å². The van der Waals surface area contributed by atoms with E-state index < -0.39 is 6.04 Å². The number of ether oxygens (including phenoxy) is 3. The number of carbonyl (C=O) groups is 1. The van der Waals surface area contributed by atoms with Crippen molar-refractivity contribution in [2.24, 2.45) is 0 Å². The molecule has 1 heterocycles. The standard InChI is InChI=1S/C18H24N2O4S2/c1-5-26-9-8-24-17(21)15-11(2)19-18(25)20-16(15)13-10-12(22-3)6-7-14(13)23-4/h6-7,10,16H,5,8-9H2,1-4H3,(H2,19,20,25)/t16-/m1/s1. The minimum Gasteiger partial charge on any atom is -0.497 e. The van der Waals surface area contributed by atoms with Crippen LogP contribution in [-0.2, 0) is 9.53 Å². The molecule has 0 spiro atoms. The van der Waals surface area contributed by atoms with E-state index in [-0.39, 0.29) is 5.97 Å². The normalized spacial score (nSPS) is 16.6. The van der Waals surface area contributed by atoms with Gasteiger partial charge in [-0.1, -0.05) is 6.92 Å². The zero-order chi connectivity index (χ0) is 19.1. The molecule has 2 N–H and O–H groups in total. The molecule has 142 valence electrons. The first kappa shape index (κ1) is 20.4. The number of rotatable bonds is 8. The summed E-state index contributed by atoms with van der Waals surface area (Å²) >= 11 is 7.00. The molecule has 1 aromatic rings. The number of thiocarbonyl (C=S) groups is 1. The molecule has 1 aromatic carbocycles. The van der Waals surface area contributed by atoms with Crippen molar-refractivity contribution in [1.29, 1.82) is 0 Å². The number of methoxy groups -OCH3 is 2. The van der Waals surface area contributed by atoms with E-state index in [4.69, 9.17) is 26.4 Å². The summed E-state index contributed by atoms with van der Waals surface area (Å²) in [4.78, 5) is 12.7. The fourth-order valence-electron chi connectivity index (χ4n) is 2.68. The van der Waals surface area contributed by atoms with Gasteiger partial charge < -0.3 is 24.8 Å². The Balaban J connectivity index is 2.36. The third kappa shape index (κ3) is 4.82. The van der Waals surface area contributed by atoms with Crippen molar-refractivity contribution in [3.63, 3.8) is 0 Å². The Bertz CT molecular complexity index is 706. The summed E-state index contributed by atoms with van der Waals surface area (Å²) in [5.41, 5.74) is 1.90. The summed E-state index contributed by atoms with van der Waals surface area (Å²) in [5.74, 6) is 2.67. The first-order chi connectivity index (χ1) is 12.5. The van der Waals surface area contributed by atoms with E-state index >= 15 is 0 Å². The number of benzene rings is 1. The van der Waals surface area contributed by atoms with E-state index in [1.807, 2.05) is 13.0 Å². The second-order valence-electron chi connectivity index (χ2n) is 5.51. The van der Waals surface area contributed by atoms with E-state index in [0.717, 1.165) is 17.1 Å². The molecule has 0 radical (unpaired) electrons. The lowest BCUT2D eigenvalue weighted by molar-refractivity contribution is -0.138. The van der Waals surface area contributed by atoms with Gasteiger partial charge in [-0.3, -0.25) is 0 Å². The molecule has 8 heteroatoms. The summed E-state index contributed by atoms with van der Waals surface area (Å²) in [6, 6.07) is 4.95. The molecule has 0 saturated heterocycles. The molecule has 0 aliphatic carbocycles. The monoisotopic (exact) mass is 396 g/mol. The summed E-state index contributed by atoms with van der Waals surface area (Å²) in [5, 5.41) is 6.58. The number of nitrogens with one attached hydrogen (secondary N) is 2. The van der Waals surface area contributed by atoms with Gasteiger partial charge in [0.15, 0.2) is 5.11 Å². The van der Waals surface area contributed by atoms with Gasteiger partial charge >= 0.3 is 5.97 Å². The number of hydrogen-bond donors (Lipinski definition) is 2. The molecule has 0 saturated carbocycles. The predicted molar refractivity (Wildman–Crippen MR) is 108 cm³/mol. The van der Waals surface area contributed by atoms with Crippen LogP contribution in [0, 0.1) is 0 Å². The van der Waals surface area contributed by atoms with E-state index in [1.54, 1.807) is 38.1 Å². The van der Waals surface area contributed by atoms with Crippen LogP contribution in [0.25, 0.3) is 0 Å². The van der Waals surface area contributed by atoms with Gasteiger partial charge in [0.25, 0.3) is 0 Å². The summed E-state index contributed by atoms with van der Waals surface area (Å²) in [6.45, 7) is 4.24. The van der Waals surface area contributed by atoms with Crippen LogP contribution in [0.1, 0.15) is 25.5 Å². The highest BCUT2D eigenvalue weighted by atomic mass is 32.2. The summed E-state index contributed by atoms with van der Waals surface area (Å²) in [6.07, 6.45) is 0. The van der Waals surface area contributed by atoms with E-state index in [0.29, 0.717) is 34.5 Å². The molecule has 0 aromatic heterocycles. The fourth-order valence-corrected chi connectivity index (χ4v) is 3.44. The SMILES string of the molecule is CCSCCOC(=O)C1=C(C)NC(=S)N[C@@H]1c1cc(OC)ccc1OC. The molecular formula is C18H24N2O4S2. The van der Waals surface area contributed by atoms with Gasteiger partial charge in [-0.15, -0.1) is 0 Å². The predicted octanol–water partition coefficient (Wildman–Crippen LogP) is 2.79. The fraction of sp³-hybridized carbons (Fsp3) is 0.444. The first-order valence-corrected chi connectivity index (χ1v) is 9.83. The van der Waals surface area contributed by atoms with Crippen LogP contribution in [-0.4, -0.2) is 43.4 Å². The van der Waals surface area contributed by atoms with Gasteiger partial charge in [-0.25, -0.2) is 4.79 Å². The van der Waals surface area contributed by atoms with Gasteiger partial charge in [0.1, 0.15) is 18.1 Å². The Morgan fingerprint density at radius 2 is 2.08 bits per heavy atom. The minimum atomic E-state index is -0.486. The lowest BCUT2D eigenvalue weighted by atomic mass is 9.94. The van der Waals surface area contributed by atoms with Gasteiger partial charge in [-0.2, -0.15) is 11.8 Å². The summed E-state index contributed by atoms with van der Waals surface area (Å²) in [7, 11) is 3.18. The number of carbonyl (C=O) groups excluding carboxylic acids is 1. The van der Waals surface area contributed by atoms with Crippen LogP contribution in [0.5, 0.6) is 11.5 Å². The third-order valence-electron chi connectivity index (χ3n) is 3.90. The smallest absolute Gasteiger partial charge is 0.338 e. The lowest BCUT2D eigenvalue weighted by Crippen LogP contribution is -2.45. The second-order valence-corrected chi connectivity index (χ2v) is 7.31. The molecule has 26 heavy (non-hydrogen) atoms. The summed E-state index contributed by atoms with van der Waals surface area (Å²) < 4.78 is 16.3. The van der Waals surface area contributed by atoms with Crippen LogP contribution < -0.4 is 20.1 Å². The average Bonchev–Trinajstić information content (AvgIpc) is 2.63. The van der Waals surface area contributed by atoms with Crippen molar-refractivity contribution in [3.8, 4) is 11.5 Å². The second kappa shape index (κ2) is 9.68. The molecule has 0 bridgehead atoms. The maximum absolute atomic E-state index is 12.7. The van der Waals surface area contributed by atoms with Crippen molar-refractivity contribution in [3.05, 3.63) is 35.0 Å². The van der Waals surface area contributed by atoms with Gasteiger partial charge in [0.05, 0.1) is 25.8 Å². The van der Waals surface area contributed by atoms with Crippen molar-refractivity contribution >= 4 is 35.1 Å². The highest BCUT2D eigenvalue weighted by Crippen LogP contribution is 2.35. The molecule has 1 aliphatic heterocycles. The highest BCUT2D eigenvalue weighted by Gasteiger charge is 2.33. The number of hydrogen-bond acceptors (Lipinski definition) is 6. The molecule has 0 amide bonds. The number of allylic oxidation sites excluding steroid dienone is 1. The van der Waals surface area contributed by atoms with Crippen LogP contribution in [0.4, 0.5) is 0 Å². The Labute approximate surface area is 163 Å². The molecule has 0 unspecified atom stereocenters. The van der Waals surface area contributed by atoms with Crippen molar-refractivity contribution in [1.82, 2.24) is 10.6 Å². The quantitative estimate of drug-likeness (QED) is 0.395. The molecule has 2 rings (SSSR count). The van der Waals surface area contributed by atoms with Gasteiger partial charge in [-0.05, 0) is 43.1 Å². The highest BCUT2D eigenvalue weighted by molar-refractivity contribution is 7.99. The lowest BCUT2D eigenvalue weighted by Gasteiger charge is -2.30. The molecule has 0 fully saturated rings. The zero-order valence-electron chi connectivity index (χ0n) is 15.4. The molecular weight excluding hydrogens is 372 g/mol. The van der Waals surface area contributed by atoms with Gasteiger partial charge in [0, 0.05) is 17.0 Å². The van der Waals surface area contributed by atoms with E-state index in [2.05, 4.69) is 17.6 Å². The average molecular weight is 397 g/mol. The Kier molecular flexibility index (Phi) is 7.59. The molecule has 1 aliphatic rings. The van der Waals surface area contributed by atoms with Crippen LogP contribution in [0.3, 0.4) is 0 Å². The number of esters is 1. The topological polar surface area (TPSA) is 68.8 Å². The first-order valence-electron chi connectivity index (χ1n) is 8.26. The van der Waals surface area contributed by atoms with E-state index in [1.165, 1.54) is 0 Å². The van der Waals surface area contributed by atoms with Gasteiger partial charge in [0.2, 0.25) is 0 Å². The number of thioether (sulfide) groups is 1. The van der Waals surface area contributed by atoms with Crippen LogP contribution in [0.2, 0.25) is 0 Å².